The molecule has 1 amide bonds. The number of halogens is 2. The Kier molecular flexibility index (Phi) is 5.13. The van der Waals surface area contributed by atoms with Gasteiger partial charge in [0.2, 0.25) is 0 Å². The lowest BCUT2D eigenvalue weighted by molar-refractivity contribution is 0.0956. The predicted octanol–water partition coefficient (Wildman–Crippen LogP) is 3.96. The molecule has 6 heteroatoms. The van der Waals surface area contributed by atoms with E-state index >= 15 is 0 Å². The number of hydrogen-bond donors (Lipinski definition) is 1. The first-order valence-electron chi connectivity index (χ1n) is 6.83. The molecule has 0 saturated carbocycles. The second-order valence-electron chi connectivity index (χ2n) is 4.84. The van der Waals surface area contributed by atoms with E-state index in [1.807, 2.05) is 19.9 Å². The zero-order valence-corrected chi connectivity index (χ0v) is 14.2. The summed E-state index contributed by atoms with van der Waals surface area (Å²) in [7, 11) is 1.57. The fraction of sp³-hybridized carbons (Fsp3) is 0.250. The number of nitrogens with one attached hydrogen (secondary N) is 1. The van der Waals surface area contributed by atoms with E-state index in [4.69, 9.17) is 0 Å². The van der Waals surface area contributed by atoms with Gasteiger partial charge in [0.05, 0.1) is 0 Å². The average Bonchev–Trinajstić information content (AvgIpc) is 2.64. The Labute approximate surface area is 137 Å². The van der Waals surface area contributed by atoms with Crippen LogP contribution in [-0.2, 0) is 0 Å². The van der Waals surface area contributed by atoms with Crippen LogP contribution in [0.25, 0.3) is 11.8 Å². The quantitative estimate of drug-likeness (QED) is 0.880. The maximum absolute atomic E-state index is 13.3. The van der Waals surface area contributed by atoms with Gasteiger partial charge in [-0.25, -0.2) is 9.37 Å². The van der Waals surface area contributed by atoms with Gasteiger partial charge in [-0.3, -0.25) is 9.36 Å². The smallest absolute Gasteiger partial charge is 0.270 e. The first-order chi connectivity index (χ1) is 10.4. The number of amides is 1. The van der Waals surface area contributed by atoms with E-state index < -0.39 is 0 Å². The van der Waals surface area contributed by atoms with Crippen LogP contribution < -0.4 is 5.32 Å². The van der Waals surface area contributed by atoms with Crippen LogP contribution in [0.2, 0.25) is 0 Å². The molecule has 1 aliphatic rings. The minimum absolute atomic E-state index is 0.243. The summed E-state index contributed by atoms with van der Waals surface area (Å²) in [6.45, 7) is 3.69. The monoisotopic (exact) mass is 365 g/mol. The van der Waals surface area contributed by atoms with Crippen LogP contribution in [0, 0.1) is 6.92 Å². The molecule has 0 bridgehead atoms. The van der Waals surface area contributed by atoms with Crippen molar-refractivity contribution in [3.8, 4) is 0 Å². The summed E-state index contributed by atoms with van der Waals surface area (Å²) < 4.78 is 15.9. The molecule has 0 aromatic carbocycles. The molecule has 0 spiro atoms. The van der Waals surface area contributed by atoms with E-state index in [0.717, 1.165) is 10.1 Å². The summed E-state index contributed by atoms with van der Waals surface area (Å²) in [5.41, 5.74) is 1.70. The van der Waals surface area contributed by atoms with Crippen LogP contribution >= 0.6 is 15.9 Å². The highest BCUT2D eigenvalue weighted by Gasteiger charge is 2.21. The van der Waals surface area contributed by atoms with Crippen LogP contribution in [0.3, 0.4) is 0 Å². The Balaban J connectivity index is 2.62. The average molecular weight is 366 g/mol. The zero-order valence-electron chi connectivity index (χ0n) is 12.7. The SMILES string of the molecule is CNC(=O)c1c(C2=CCC=C(F)C=C2)nc(C)n1C=C(C)Br. The Morgan fingerprint density at radius 1 is 1.45 bits per heavy atom. The molecule has 0 saturated heterocycles. The highest BCUT2D eigenvalue weighted by atomic mass is 79.9. The van der Waals surface area contributed by atoms with E-state index in [0.29, 0.717) is 23.6 Å². The number of aryl methyl sites for hydroxylation is 1. The van der Waals surface area contributed by atoms with Crippen molar-refractivity contribution in [2.24, 2.45) is 0 Å². The van der Waals surface area contributed by atoms with Gasteiger partial charge in [0, 0.05) is 17.7 Å². The number of carbonyl (C=O) groups excluding carboxylic acids is 1. The molecule has 0 radical (unpaired) electrons. The van der Waals surface area contributed by atoms with Crippen LogP contribution in [0.5, 0.6) is 0 Å². The number of imidazole rings is 1. The third kappa shape index (κ3) is 3.44. The van der Waals surface area contributed by atoms with Crippen LogP contribution in [0.4, 0.5) is 4.39 Å². The van der Waals surface area contributed by atoms with E-state index in [1.165, 1.54) is 12.2 Å². The van der Waals surface area contributed by atoms with Gasteiger partial charge in [0.15, 0.2) is 0 Å². The number of allylic oxidation sites excluding steroid dienone is 7. The number of rotatable bonds is 3. The summed E-state index contributed by atoms with van der Waals surface area (Å²) in [4.78, 5) is 16.8. The molecule has 0 unspecified atom stereocenters. The van der Waals surface area contributed by atoms with Crippen molar-refractivity contribution in [2.45, 2.75) is 20.3 Å². The number of carbonyl (C=O) groups is 1. The molecule has 22 heavy (non-hydrogen) atoms. The van der Waals surface area contributed by atoms with Crippen molar-refractivity contribution in [1.29, 1.82) is 0 Å². The van der Waals surface area contributed by atoms with Crippen molar-refractivity contribution in [3.63, 3.8) is 0 Å². The molecule has 1 N–H and O–H groups in total. The van der Waals surface area contributed by atoms with Crippen LogP contribution in [-0.4, -0.2) is 22.5 Å². The maximum Gasteiger partial charge on any atom is 0.270 e. The minimum atomic E-state index is -0.292. The topological polar surface area (TPSA) is 46.9 Å². The van der Waals surface area contributed by atoms with Crippen molar-refractivity contribution in [3.05, 3.63) is 51.8 Å². The molecule has 116 valence electrons. The lowest BCUT2D eigenvalue weighted by Crippen LogP contribution is -2.22. The van der Waals surface area contributed by atoms with Crippen molar-refractivity contribution in [1.82, 2.24) is 14.9 Å². The Hall–Kier alpha value is -1.95. The number of nitrogens with zero attached hydrogens (tertiary/aromatic N) is 2. The maximum atomic E-state index is 13.3. The molecule has 1 aromatic heterocycles. The van der Waals surface area contributed by atoms with E-state index in [1.54, 1.807) is 23.9 Å². The lowest BCUT2D eigenvalue weighted by atomic mass is 10.1. The molecule has 1 aliphatic carbocycles. The van der Waals surface area contributed by atoms with Crippen molar-refractivity contribution < 1.29 is 9.18 Å². The van der Waals surface area contributed by atoms with E-state index in [-0.39, 0.29) is 11.7 Å². The lowest BCUT2D eigenvalue weighted by Gasteiger charge is -2.07. The van der Waals surface area contributed by atoms with Crippen molar-refractivity contribution in [2.75, 3.05) is 7.05 Å². The fourth-order valence-electron chi connectivity index (χ4n) is 2.20. The van der Waals surface area contributed by atoms with E-state index in [9.17, 15) is 9.18 Å². The zero-order chi connectivity index (χ0) is 16.3. The first-order valence-corrected chi connectivity index (χ1v) is 7.62. The fourth-order valence-corrected chi connectivity index (χ4v) is 2.40. The molecular weight excluding hydrogens is 349 g/mol. The molecule has 4 nitrogen and oxygen atoms in total. The highest BCUT2D eigenvalue weighted by molar-refractivity contribution is 9.11. The standard InChI is InChI=1S/C16H17BrFN3O/c1-10(17)9-21-11(2)20-14(15(21)16(22)19-3)12-5-4-6-13(18)8-7-12/h5-9H,4H2,1-3H3,(H,19,22). The molecule has 0 atom stereocenters. The molecule has 0 aliphatic heterocycles. The summed E-state index contributed by atoms with van der Waals surface area (Å²) in [5.74, 6) is 0.145. The second kappa shape index (κ2) is 6.87. The largest absolute Gasteiger partial charge is 0.354 e. The van der Waals surface area contributed by atoms with Gasteiger partial charge in [-0.1, -0.05) is 28.1 Å². The number of hydrogen-bond acceptors (Lipinski definition) is 2. The summed E-state index contributed by atoms with van der Waals surface area (Å²) in [6, 6.07) is 0. The van der Waals surface area contributed by atoms with Gasteiger partial charge in [-0.05, 0) is 38.0 Å². The van der Waals surface area contributed by atoms with Gasteiger partial charge in [0.25, 0.3) is 5.91 Å². The van der Waals surface area contributed by atoms with Crippen LogP contribution in [0.1, 0.15) is 35.4 Å². The second-order valence-corrected chi connectivity index (χ2v) is 6.09. The molecule has 0 fully saturated rings. The Morgan fingerprint density at radius 3 is 2.82 bits per heavy atom. The van der Waals surface area contributed by atoms with Gasteiger partial charge < -0.3 is 5.32 Å². The Morgan fingerprint density at radius 2 is 2.18 bits per heavy atom. The molecule has 1 aromatic rings. The van der Waals surface area contributed by atoms with Gasteiger partial charge in [0.1, 0.15) is 23.0 Å². The Bertz CT molecular complexity index is 722. The predicted molar refractivity (Wildman–Crippen MR) is 90.2 cm³/mol. The van der Waals surface area contributed by atoms with Crippen molar-refractivity contribution >= 4 is 33.6 Å². The normalized spacial score (nSPS) is 15.2. The molecule has 2 rings (SSSR count). The third-order valence-electron chi connectivity index (χ3n) is 3.18. The summed E-state index contributed by atoms with van der Waals surface area (Å²) >= 11 is 3.37. The van der Waals surface area contributed by atoms with Gasteiger partial charge in [-0.2, -0.15) is 0 Å². The minimum Gasteiger partial charge on any atom is -0.354 e. The molecule has 1 heterocycles. The highest BCUT2D eigenvalue weighted by Crippen LogP contribution is 2.26. The summed E-state index contributed by atoms with van der Waals surface area (Å²) in [6.07, 6.45) is 8.60. The number of aromatic nitrogens is 2. The van der Waals surface area contributed by atoms with Gasteiger partial charge in [-0.15, -0.1) is 0 Å². The van der Waals surface area contributed by atoms with Gasteiger partial charge >= 0.3 is 0 Å². The van der Waals surface area contributed by atoms with Crippen LogP contribution in [0.15, 0.2) is 34.6 Å². The van der Waals surface area contributed by atoms with E-state index in [2.05, 4.69) is 26.2 Å². The summed E-state index contributed by atoms with van der Waals surface area (Å²) in [5, 5.41) is 2.63. The third-order valence-corrected chi connectivity index (χ3v) is 3.39. The first kappa shape index (κ1) is 16.4. The molecular formula is C16H17BrFN3O.